The van der Waals surface area contributed by atoms with Gasteiger partial charge in [0.05, 0.1) is 12.4 Å². The average molecular weight is 254 g/mol. The van der Waals surface area contributed by atoms with E-state index >= 15 is 0 Å². The van der Waals surface area contributed by atoms with Crippen LogP contribution < -0.4 is 11.1 Å². The Morgan fingerprint density at radius 3 is 2.88 bits per heavy atom. The minimum absolute atomic E-state index is 0.0113. The molecule has 0 aromatic heterocycles. The molecule has 1 aromatic carbocycles. The zero-order valence-electron chi connectivity index (χ0n) is 10.1. The SMILES string of the molecule is COCC(C)NC(=O)CSc1ccccc1N. The molecule has 94 valence electrons. The fourth-order valence-corrected chi connectivity index (χ4v) is 2.14. The number of benzene rings is 1. The Balaban J connectivity index is 2.36. The standard InChI is InChI=1S/C12H18N2O2S/c1-9(7-16-2)14-12(15)8-17-11-6-4-3-5-10(11)13/h3-6,9H,7-8,13H2,1-2H3,(H,14,15). The number of thioether (sulfide) groups is 1. The zero-order chi connectivity index (χ0) is 12.7. The van der Waals surface area contributed by atoms with Gasteiger partial charge in [-0.1, -0.05) is 12.1 Å². The summed E-state index contributed by atoms with van der Waals surface area (Å²) in [4.78, 5) is 12.5. The van der Waals surface area contributed by atoms with Gasteiger partial charge < -0.3 is 15.8 Å². The van der Waals surface area contributed by atoms with E-state index in [1.165, 1.54) is 11.8 Å². The van der Waals surface area contributed by atoms with E-state index in [-0.39, 0.29) is 11.9 Å². The lowest BCUT2D eigenvalue weighted by Crippen LogP contribution is -2.36. The van der Waals surface area contributed by atoms with Gasteiger partial charge in [-0.05, 0) is 19.1 Å². The molecule has 0 spiro atoms. The fraction of sp³-hybridized carbons (Fsp3) is 0.417. The molecule has 0 radical (unpaired) electrons. The third-order valence-corrected chi connectivity index (χ3v) is 3.19. The first-order valence-corrected chi connectivity index (χ1v) is 6.37. The lowest BCUT2D eigenvalue weighted by Gasteiger charge is -2.12. The third kappa shape index (κ3) is 5.10. The second-order valence-electron chi connectivity index (χ2n) is 3.75. The summed E-state index contributed by atoms with van der Waals surface area (Å²) >= 11 is 1.44. The number of methoxy groups -OCH3 is 1. The van der Waals surface area contributed by atoms with Crippen molar-refractivity contribution in [3.05, 3.63) is 24.3 Å². The fourth-order valence-electron chi connectivity index (χ4n) is 1.36. The van der Waals surface area contributed by atoms with Crippen LogP contribution in [0.4, 0.5) is 5.69 Å². The van der Waals surface area contributed by atoms with Crippen molar-refractivity contribution in [2.75, 3.05) is 25.2 Å². The lowest BCUT2D eigenvalue weighted by atomic mass is 10.3. The number of para-hydroxylation sites is 1. The number of rotatable bonds is 6. The van der Waals surface area contributed by atoms with Crippen LogP contribution >= 0.6 is 11.8 Å². The van der Waals surface area contributed by atoms with Crippen LogP contribution in [0.15, 0.2) is 29.2 Å². The largest absolute Gasteiger partial charge is 0.398 e. The molecule has 1 aromatic rings. The number of nitrogen functional groups attached to an aromatic ring is 1. The maximum atomic E-state index is 11.6. The summed E-state index contributed by atoms with van der Waals surface area (Å²) in [7, 11) is 1.61. The maximum absolute atomic E-state index is 11.6. The monoisotopic (exact) mass is 254 g/mol. The number of hydrogen-bond donors (Lipinski definition) is 2. The van der Waals surface area contributed by atoms with Crippen molar-refractivity contribution in [3.63, 3.8) is 0 Å². The topological polar surface area (TPSA) is 64.3 Å². The molecule has 4 nitrogen and oxygen atoms in total. The van der Waals surface area contributed by atoms with Crippen molar-refractivity contribution in [3.8, 4) is 0 Å². The first-order valence-electron chi connectivity index (χ1n) is 5.39. The predicted octanol–water partition coefficient (Wildman–Crippen LogP) is 1.51. The van der Waals surface area contributed by atoms with Crippen LogP contribution in [0.25, 0.3) is 0 Å². The Bertz CT molecular complexity index is 371. The van der Waals surface area contributed by atoms with E-state index in [1.54, 1.807) is 7.11 Å². The van der Waals surface area contributed by atoms with Crippen molar-refractivity contribution in [1.82, 2.24) is 5.32 Å². The van der Waals surface area contributed by atoms with Crippen LogP contribution in [-0.4, -0.2) is 31.4 Å². The molecule has 0 fully saturated rings. The average Bonchev–Trinajstić information content (AvgIpc) is 2.28. The van der Waals surface area contributed by atoms with E-state index in [9.17, 15) is 4.79 Å². The van der Waals surface area contributed by atoms with E-state index in [0.29, 0.717) is 18.0 Å². The quantitative estimate of drug-likeness (QED) is 0.596. The molecule has 0 aliphatic rings. The molecule has 1 rings (SSSR count). The normalized spacial score (nSPS) is 12.1. The molecular formula is C12H18N2O2S. The first-order chi connectivity index (χ1) is 8.13. The molecule has 5 heteroatoms. The summed E-state index contributed by atoms with van der Waals surface area (Å²) in [5.41, 5.74) is 6.49. The molecule has 0 saturated heterocycles. The van der Waals surface area contributed by atoms with Crippen LogP contribution in [0, 0.1) is 0 Å². The van der Waals surface area contributed by atoms with Gasteiger partial charge in [-0.25, -0.2) is 0 Å². The Hall–Kier alpha value is -1.20. The zero-order valence-corrected chi connectivity index (χ0v) is 10.9. The van der Waals surface area contributed by atoms with Crippen molar-refractivity contribution in [2.24, 2.45) is 0 Å². The molecule has 3 N–H and O–H groups in total. The molecule has 1 unspecified atom stereocenters. The smallest absolute Gasteiger partial charge is 0.230 e. The van der Waals surface area contributed by atoms with Crippen molar-refractivity contribution < 1.29 is 9.53 Å². The minimum atomic E-state index is -0.0113. The lowest BCUT2D eigenvalue weighted by molar-refractivity contribution is -0.119. The van der Waals surface area contributed by atoms with Crippen molar-refractivity contribution >= 4 is 23.4 Å². The Kier molecular flexibility index (Phi) is 5.86. The van der Waals surface area contributed by atoms with Gasteiger partial charge in [-0.3, -0.25) is 4.79 Å². The highest BCUT2D eigenvalue weighted by Crippen LogP contribution is 2.23. The van der Waals surface area contributed by atoms with Gasteiger partial charge in [0.15, 0.2) is 0 Å². The Morgan fingerprint density at radius 2 is 2.24 bits per heavy atom. The summed E-state index contributed by atoms with van der Waals surface area (Å²) < 4.78 is 4.94. The second-order valence-corrected chi connectivity index (χ2v) is 4.77. The summed E-state index contributed by atoms with van der Waals surface area (Å²) in [5, 5.41) is 2.84. The van der Waals surface area contributed by atoms with Gasteiger partial charge in [0, 0.05) is 23.7 Å². The second kappa shape index (κ2) is 7.19. The van der Waals surface area contributed by atoms with Gasteiger partial charge in [0.1, 0.15) is 0 Å². The van der Waals surface area contributed by atoms with E-state index in [2.05, 4.69) is 5.32 Å². The van der Waals surface area contributed by atoms with Crippen LogP contribution in [-0.2, 0) is 9.53 Å². The number of hydrogen-bond acceptors (Lipinski definition) is 4. The molecule has 1 atom stereocenters. The molecule has 0 aliphatic heterocycles. The molecule has 0 heterocycles. The highest BCUT2D eigenvalue weighted by molar-refractivity contribution is 8.00. The number of anilines is 1. The molecule has 17 heavy (non-hydrogen) atoms. The molecular weight excluding hydrogens is 236 g/mol. The number of amides is 1. The van der Waals surface area contributed by atoms with Crippen LogP contribution in [0.3, 0.4) is 0 Å². The van der Waals surface area contributed by atoms with Crippen LogP contribution in [0.1, 0.15) is 6.92 Å². The molecule has 0 bridgehead atoms. The summed E-state index contributed by atoms with van der Waals surface area (Å²) in [5.74, 6) is 0.352. The summed E-state index contributed by atoms with van der Waals surface area (Å²) in [6, 6.07) is 7.55. The number of ether oxygens (including phenoxy) is 1. The van der Waals surface area contributed by atoms with Crippen molar-refractivity contribution in [1.29, 1.82) is 0 Å². The summed E-state index contributed by atoms with van der Waals surface area (Å²) in [6.45, 7) is 2.42. The highest BCUT2D eigenvalue weighted by Gasteiger charge is 2.08. The van der Waals surface area contributed by atoms with E-state index in [4.69, 9.17) is 10.5 Å². The number of carbonyl (C=O) groups is 1. The Labute approximate surface area is 106 Å². The molecule has 0 aliphatic carbocycles. The van der Waals surface area contributed by atoms with Gasteiger partial charge >= 0.3 is 0 Å². The van der Waals surface area contributed by atoms with Gasteiger partial charge in [-0.2, -0.15) is 0 Å². The first kappa shape index (κ1) is 13.9. The van der Waals surface area contributed by atoms with E-state index in [0.717, 1.165) is 4.90 Å². The summed E-state index contributed by atoms with van der Waals surface area (Å²) in [6.07, 6.45) is 0. The van der Waals surface area contributed by atoms with E-state index < -0.39 is 0 Å². The van der Waals surface area contributed by atoms with Crippen LogP contribution in [0.2, 0.25) is 0 Å². The van der Waals surface area contributed by atoms with Crippen molar-refractivity contribution in [2.45, 2.75) is 17.9 Å². The van der Waals surface area contributed by atoms with E-state index in [1.807, 2.05) is 31.2 Å². The van der Waals surface area contributed by atoms with Crippen LogP contribution in [0.5, 0.6) is 0 Å². The van der Waals surface area contributed by atoms with Gasteiger partial charge in [0.2, 0.25) is 5.91 Å². The Morgan fingerprint density at radius 1 is 1.53 bits per heavy atom. The number of carbonyl (C=O) groups excluding carboxylic acids is 1. The molecule has 1 amide bonds. The number of nitrogens with one attached hydrogen (secondary N) is 1. The maximum Gasteiger partial charge on any atom is 0.230 e. The van der Waals surface area contributed by atoms with Gasteiger partial charge in [0.25, 0.3) is 0 Å². The number of nitrogens with two attached hydrogens (primary N) is 1. The minimum Gasteiger partial charge on any atom is -0.398 e. The van der Waals surface area contributed by atoms with Gasteiger partial charge in [-0.15, -0.1) is 11.8 Å². The molecule has 0 saturated carbocycles. The highest BCUT2D eigenvalue weighted by atomic mass is 32.2. The predicted molar refractivity (Wildman–Crippen MR) is 71.1 cm³/mol. The third-order valence-electron chi connectivity index (χ3n) is 2.10.